The molecule has 4 fully saturated rings. The van der Waals surface area contributed by atoms with E-state index in [0.717, 1.165) is 48.3 Å². The molecule has 4 aliphatic rings. The molecular formula is C34H51FO2S. The molecule has 0 heterocycles. The van der Waals surface area contributed by atoms with E-state index in [9.17, 15) is 4.39 Å². The zero-order valence-electron chi connectivity index (χ0n) is 24.5. The Morgan fingerprint density at radius 3 is 2.37 bits per heavy atom. The van der Waals surface area contributed by atoms with E-state index < -0.39 is 0 Å². The van der Waals surface area contributed by atoms with E-state index in [-0.39, 0.29) is 17.2 Å². The first-order valence-corrected chi connectivity index (χ1v) is 16.1. The fourth-order valence-electron chi connectivity index (χ4n) is 10.1. The van der Waals surface area contributed by atoms with Crippen molar-refractivity contribution in [2.24, 2.45) is 52.3 Å². The van der Waals surface area contributed by atoms with Crippen molar-refractivity contribution in [2.45, 2.75) is 118 Å². The summed E-state index contributed by atoms with van der Waals surface area (Å²) in [6.45, 7) is 12.6. The lowest BCUT2D eigenvalue weighted by molar-refractivity contribution is -0.128. The molecule has 1 aromatic carbocycles. The average molecular weight is 543 g/mol. The van der Waals surface area contributed by atoms with E-state index >= 15 is 0 Å². The van der Waals surface area contributed by atoms with Gasteiger partial charge in [0.15, 0.2) is 0 Å². The maximum atomic E-state index is 13.2. The van der Waals surface area contributed by atoms with Crippen molar-refractivity contribution in [3.63, 3.8) is 0 Å². The molecule has 2 nitrogen and oxygen atoms in total. The maximum Gasteiger partial charge on any atom is 0.358 e. The molecule has 0 saturated heterocycles. The van der Waals surface area contributed by atoms with Crippen molar-refractivity contribution in [2.75, 3.05) is 0 Å². The van der Waals surface area contributed by atoms with Gasteiger partial charge in [-0.05, 0) is 134 Å². The van der Waals surface area contributed by atoms with E-state index in [4.69, 9.17) is 21.7 Å². The van der Waals surface area contributed by atoms with Crippen LogP contribution in [0.5, 0.6) is 5.75 Å². The third-order valence-electron chi connectivity index (χ3n) is 12.1. The van der Waals surface area contributed by atoms with E-state index in [1.165, 1.54) is 76.3 Å². The predicted octanol–water partition coefficient (Wildman–Crippen LogP) is 10.00. The minimum absolute atomic E-state index is 0.133. The lowest BCUT2D eigenvalue weighted by Crippen LogP contribution is -2.54. The molecule has 0 aliphatic heterocycles. The summed E-state index contributed by atoms with van der Waals surface area (Å²) in [6.07, 6.45) is 16.3. The molecule has 4 saturated carbocycles. The highest BCUT2D eigenvalue weighted by Gasteiger charge is 2.60. The molecule has 0 N–H and O–H groups in total. The minimum Gasteiger partial charge on any atom is -0.453 e. The number of ether oxygens (including phenoxy) is 2. The molecule has 5 rings (SSSR count). The van der Waals surface area contributed by atoms with Crippen LogP contribution in [0.25, 0.3) is 0 Å². The van der Waals surface area contributed by atoms with Crippen LogP contribution in [0.4, 0.5) is 4.39 Å². The van der Waals surface area contributed by atoms with Crippen molar-refractivity contribution in [1.82, 2.24) is 0 Å². The molecule has 9 atom stereocenters. The first kappa shape index (κ1) is 28.4. The molecule has 212 valence electrons. The fourth-order valence-corrected chi connectivity index (χ4v) is 10.3. The Morgan fingerprint density at radius 2 is 1.63 bits per heavy atom. The first-order valence-electron chi connectivity index (χ1n) is 15.7. The average Bonchev–Trinajstić information content (AvgIpc) is 3.23. The van der Waals surface area contributed by atoms with E-state index in [1.54, 1.807) is 12.1 Å². The van der Waals surface area contributed by atoms with Crippen LogP contribution in [0.2, 0.25) is 0 Å². The monoisotopic (exact) mass is 542 g/mol. The van der Waals surface area contributed by atoms with Crippen LogP contribution in [-0.4, -0.2) is 11.3 Å². The molecule has 4 aliphatic carbocycles. The Bertz CT molecular complexity index is 962. The number of benzene rings is 1. The van der Waals surface area contributed by atoms with Gasteiger partial charge in [0.1, 0.15) is 17.7 Å². The first-order chi connectivity index (χ1) is 18.1. The Morgan fingerprint density at radius 1 is 0.921 bits per heavy atom. The molecule has 4 heteroatoms. The topological polar surface area (TPSA) is 18.5 Å². The Kier molecular flexibility index (Phi) is 8.49. The summed E-state index contributed by atoms with van der Waals surface area (Å²) in [5.74, 6) is 6.33. The van der Waals surface area contributed by atoms with Crippen LogP contribution in [0, 0.1) is 58.1 Å². The predicted molar refractivity (Wildman–Crippen MR) is 158 cm³/mol. The quantitative estimate of drug-likeness (QED) is 0.319. The van der Waals surface area contributed by atoms with E-state index in [2.05, 4.69) is 34.6 Å². The van der Waals surface area contributed by atoms with Crippen molar-refractivity contribution < 1.29 is 13.9 Å². The molecule has 0 spiro atoms. The van der Waals surface area contributed by atoms with Crippen molar-refractivity contribution in [1.29, 1.82) is 0 Å². The molecule has 0 bridgehead atoms. The maximum absolute atomic E-state index is 13.2. The summed E-state index contributed by atoms with van der Waals surface area (Å²) in [5, 5.41) is 0.173. The molecule has 0 aromatic heterocycles. The lowest BCUT2D eigenvalue weighted by atomic mass is 9.44. The number of thiocarbonyl (C=S) groups is 1. The summed E-state index contributed by atoms with van der Waals surface area (Å²) in [7, 11) is 0. The second-order valence-electron chi connectivity index (χ2n) is 14.5. The summed E-state index contributed by atoms with van der Waals surface area (Å²) < 4.78 is 25.0. The van der Waals surface area contributed by atoms with Crippen molar-refractivity contribution in [3.05, 3.63) is 30.1 Å². The highest BCUT2D eigenvalue weighted by atomic mass is 32.1. The summed E-state index contributed by atoms with van der Waals surface area (Å²) in [5.41, 5.74) is 0.996. The summed E-state index contributed by atoms with van der Waals surface area (Å²) >= 11 is 5.41. The Labute approximate surface area is 236 Å². The van der Waals surface area contributed by atoms with Gasteiger partial charge in [-0.2, -0.15) is 0 Å². The minimum atomic E-state index is -0.279. The van der Waals surface area contributed by atoms with Gasteiger partial charge in [-0.3, -0.25) is 0 Å². The lowest BCUT2D eigenvalue weighted by Gasteiger charge is -2.61. The summed E-state index contributed by atoms with van der Waals surface area (Å²) in [6, 6.07) is 5.97. The van der Waals surface area contributed by atoms with Crippen molar-refractivity contribution >= 4 is 17.5 Å². The third-order valence-corrected chi connectivity index (χ3v) is 12.3. The van der Waals surface area contributed by atoms with Crippen LogP contribution in [0.15, 0.2) is 24.3 Å². The molecule has 38 heavy (non-hydrogen) atoms. The van der Waals surface area contributed by atoms with Gasteiger partial charge >= 0.3 is 5.24 Å². The van der Waals surface area contributed by atoms with Gasteiger partial charge < -0.3 is 9.47 Å². The van der Waals surface area contributed by atoms with E-state index in [0.29, 0.717) is 22.5 Å². The van der Waals surface area contributed by atoms with Gasteiger partial charge in [-0.15, -0.1) is 0 Å². The standard InChI is InChI=1S/C34H51FO2S/c1-22(2)7-6-8-23(3)29-15-16-30-28-14-9-24-21-27(37-32(38)36-26-12-10-25(35)11-13-26)17-19-33(24,4)31(28)18-20-34(29,30)5/h10-13,22-24,27-31H,6-9,14-21H2,1-5H3/t23-,24?,27+,28+,29-,30+,31+,33+,34-/m1/s1. The van der Waals surface area contributed by atoms with Crippen LogP contribution in [0.1, 0.15) is 112 Å². The highest BCUT2D eigenvalue weighted by molar-refractivity contribution is 7.79. The zero-order chi connectivity index (χ0) is 27.1. The number of halogens is 1. The summed E-state index contributed by atoms with van der Waals surface area (Å²) in [4.78, 5) is 0. The number of hydrogen-bond acceptors (Lipinski definition) is 3. The normalized spacial score (nSPS) is 39.1. The third kappa shape index (κ3) is 5.54. The van der Waals surface area contributed by atoms with Gasteiger partial charge in [0, 0.05) is 12.2 Å². The largest absolute Gasteiger partial charge is 0.453 e. The van der Waals surface area contributed by atoms with E-state index in [1.807, 2.05) is 0 Å². The molecular weight excluding hydrogens is 491 g/mol. The number of fused-ring (bicyclic) bond motifs is 5. The smallest absolute Gasteiger partial charge is 0.358 e. The van der Waals surface area contributed by atoms with Crippen LogP contribution < -0.4 is 4.74 Å². The molecule has 0 radical (unpaired) electrons. The highest BCUT2D eigenvalue weighted by Crippen LogP contribution is 2.68. The number of hydrogen-bond donors (Lipinski definition) is 0. The molecule has 1 unspecified atom stereocenters. The SMILES string of the molecule is CC(C)CCC[C@@H](C)[C@H]1CC[C@H]2[C@@H]3CCC4C[C@@H](OC(=S)Oc5ccc(F)cc5)CC[C@]4(C)[C@H]3CC[C@]12C. The zero-order valence-corrected chi connectivity index (χ0v) is 25.3. The van der Waals surface area contributed by atoms with Gasteiger partial charge in [-0.1, -0.05) is 53.9 Å². The van der Waals surface area contributed by atoms with Crippen LogP contribution >= 0.6 is 12.2 Å². The molecule has 1 aromatic rings. The second-order valence-corrected chi connectivity index (χ2v) is 14.8. The van der Waals surface area contributed by atoms with Gasteiger partial charge in [-0.25, -0.2) is 4.39 Å². The van der Waals surface area contributed by atoms with Gasteiger partial charge in [0.2, 0.25) is 0 Å². The van der Waals surface area contributed by atoms with Crippen molar-refractivity contribution in [3.8, 4) is 5.75 Å². The number of rotatable bonds is 7. The fraction of sp³-hybridized carbons (Fsp3) is 0.794. The molecule has 0 amide bonds. The van der Waals surface area contributed by atoms with Gasteiger partial charge in [0.05, 0.1) is 0 Å². The van der Waals surface area contributed by atoms with Crippen LogP contribution in [-0.2, 0) is 4.74 Å². The Hall–Kier alpha value is -1.16. The second kappa shape index (κ2) is 11.4. The van der Waals surface area contributed by atoms with Crippen LogP contribution in [0.3, 0.4) is 0 Å². The Balaban J connectivity index is 1.18. The van der Waals surface area contributed by atoms with Gasteiger partial charge in [0.25, 0.3) is 0 Å².